The smallest absolute Gasteiger partial charge is 0.205 e. The van der Waals surface area contributed by atoms with Crippen LogP contribution in [0.5, 0.6) is 0 Å². The van der Waals surface area contributed by atoms with E-state index in [4.69, 9.17) is 6.57 Å². The lowest BCUT2D eigenvalue weighted by atomic mass is 10.0. The van der Waals surface area contributed by atoms with Crippen LogP contribution in [-0.4, -0.2) is 21.5 Å². The minimum Gasteiger partial charge on any atom is -0.352 e. The maximum absolute atomic E-state index is 13.8. The number of halogens is 1. The lowest BCUT2D eigenvalue weighted by molar-refractivity contribution is 0.626. The molecule has 3 aromatic heterocycles. The number of hydrogen-bond acceptors (Lipinski definition) is 5. The van der Waals surface area contributed by atoms with Gasteiger partial charge in [0.25, 0.3) is 0 Å². The quantitative estimate of drug-likeness (QED) is 0.710. The summed E-state index contributed by atoms with van der Waals surface area (Å²) in [6.45, 7) is 10.5. The summed E-state index contributed by atoms with van der Waals surface area (Å²) in [5.74, 6) is 0.651. The third kappa shape index (κ3) is 3.42. The van der Waals surface area contributed by atoms with E-state index >= 15 is 0 Å². The Labute approximate surface area is 156 Å². The van der Waals surface area contributed by atoms with Crippen LogP contribution in [-0.2, 0) is 13.0 Å². The van der Waals surface area contributed by atoms with Crippen LogP contribution in [0.15, 0.2) is 42.9 Å². The van der Waals surface area contributed by atoms with E-state index in [0.29, 0.717) is 17.9 Å². The molecule has 4 heterocycles. The van der Waals surface area contributed by atoms with E-state index < -0.39 is 5.82 Å². The van der Waals surface area contributed by atoms with Crippen LogP contribution in [0.2, 0.25) is 0 Å². The Morgan fingerprint density at radius 1 is 1.22 bits per heavy atom. The number of rotatable bonds is 3. The van der Waals surface area contributed by atoms with Gasteiger partial charge in [0, 0.05) is 37.6 Å². The molecule has 0 fully saturated rings. The van der Waals surface area contributed by atoms with Crippen LogP contribution in [0.3, 0.4) is 0 Å². The SMILES string of the molecule is [C-]#[N+]c1cnc(N2CCc3ncc(Nc4ncccc4F)cc3C2)c(C)c1. The molecule has 0 spiro atoms. The van der Waals surface area contributed by atoms with E-state index in [9.17, 15) is 4.39 Å². The highest BCUT2D eigenvalue weighted by molar-refractivity contribution is 5.59. The van der Waals surface area contributed by atoms with Crippen molar-refractivity contribution < 1.29 is 4.39 Å². The fourth-order valence-corrected chi connectivity index (χ4v) is 3.23. The average Bonchev–Trinajstić information content (AvgIpc) is 2.69. The van der Waals surface area contributed by atoms with Gasteiger partial charge in [-0.25, -0.2) is 14.2 Å². The van der Waals surface area contributed by atoms with Crippen molar-refractivity contribution in [1.82, 2.24) is 15.0 Å². The van der Waals surface area contributed by atoms with Crippen LogP contribution in [0.1, 0.15) is 16.8 Å². The monoisotopic (exact) mass is 360 g/mol. The summed E-state index contributed by atoms with van der Waals surface area (Å²) in [6.07, 6.45) is 5.65. The largest absolute Gasteiger partial charge is 0.352 e. The van der Waals surface area contributed by atoms with E-state index in [1.54, 1.807) is 24.7 Å². The minimum atomic E-state index is -0.406. The van der Waals surface area contributed by atoms with Crippen LogP contribution >= 0.6 is 0 Å². The Morgan fingerprint density at radius 2 is 2.11 bits per heavy atom. The molecule has 3 aromatic rings. The predicted octanol–water partition coefficient (Wildman–Crippen LogP) is 4.18. The van der Waals surface area contributed by atoms with E-state index in [1.165, 1.54) is 6.07 Å². The lowest BCUT2D eigenvalue weighted by Gasteiger charge is -2.30. The van der Waals surface area contributed by atoms with Crippen molar-refractivity contribution in [1.29, 1.82) is 0 Å². The second kappa shape index (κ2) is 7.00. The molecule has 0 aromatic carbocycles. The zero-order chi connectivity index (χ0) is 18.8. The number of hydrogen-bond donors (Lipinski definition) is 1. The summed E-state index contributed by atoms with van der Waals surface area (Å²) in [7, 11) is 0. The van der Waals surface area contributed by atoms with Gasteiger partial charge in [0.15, 0.2) is 11.6 Å². The van der Waals surface area contributed by atoms with E-state index in [-0.39, 0.29) is 5.82 Å². The molecular formula is C20H17FN6. The van der Waals surface area contributed by atoms with E-state index in [1.807, 2.05) is 19.1 Å². The van der Waals surface area contributed by atoms with Gasteiger partial charge in [0.1, 0.15) is 5.82 Å². The number of nitrogens with one attached hydrogen (secondary N) is 1. The second-order valence-electron chi connectivity index (χ2n) is 6.41. The molecular weight excluding hydrogens is 343 g/mol. The molecule has 0 amide bonds. The maximum Gasteiger partial charge on any atom is 0.205 e. The summed E-state index contributed by atoms with van der Waals surface area (Å²) < 4.78 is 13.8. The summed E-state index contributed by atoms with van der Waals surface area (Å²) in [4.78, 5) is 18.6. The molecule has 0 unspecified atom stereocenters. The molecule has 0 aliphatic carbocycles. The van der Waals surface area contributed by atoms with Gasteiger partial charge in [-0.05, 0) is 42.3 Å². The Balaban J connectivity index is 1.59. The second-order valence-corrected chi connectivity index (χ2v) is 6.41. The first kappa shape index (κ1) is 16.9. The summed E-state index contributed by atoms with van der Waals surface area (Å²) >= 11 is 0. The van der Waals surface area contributed by atoms with Crippen molar-refractivity contribution >= 4 is 23.0 Å². The number of nitrogens with zero attached hydrogens (tertiary/aromatic N) is 5. The molecule has 7 heteroatoms. The normalized spacial score (nSPS) is 13.0. The molecule has 6 nitrogen and oxygen atoms in total. The van der Waals surface area contributed by atoms with Crippen molar-refractivity contribution in [3.8, 4) is 0 Å². The van der Waals surface area contributed by atoms with Crippen molar-refractivity contribution in [2.45, 2.75) is 19.9 Å². The number of aryl methyl sites for hydroxylation is 1. The summed E-state index contributed by atoms with van der Waals surface area (Å²) in [6, 6.07) is 6.75. The number of anilines is 3. The Morgan fingerprint density at radius 3 is 2.89 bits per heavy atom. The van der Waals surface area contributed by atoms with Crippen molar-refractivity contribution in [3.63, 3.8) is 0 Å². The average molecular weight is 360 g/mol. The molecule has 4 rings (SSSR count). The third-order valence-electron chi connectivity index (χ3n) is 4.53. The molecule has 1 aliphatic rings. The highest BCUT2D eigenvalue weighted by Crippen LogP contribution is 2.28. The van der Waals surface area contributed by atoms with Gasteiger partial charge in [-0.3, -0.25) is 9.97 Å². The highest BCUT2D eigenvalue weighted by atomic mass is 19.1. The fraction of sp³-hybridized carbons (Fsp3) is 0.200. The summed E-state index contributed by atoms with van der Waals surface area (Å²) in [5, 5.41) is 2.99. The first-order chi connectivity index (χ1) is 13.1. The zero-order valence-electron chi connectivity index (χ0n) is 14.8. The third-order valence-corrected chi connectivity index (χ3v) is 4.53. The van der Waals surface area contributed by atoms with Crippen LogP contribution in [0.25, 0.3) is 4.85 Å². The first-order valence-corrected chi connectivity index (χ1v) is 8.58. The molecule has 1 N–H and O–H groups in total. The number of aromatic nitrogens is 3. The van der Waals surface area contributed by atoms with Gasteiger partial charge in [0.2, 0.25) is 5.69 Å². The van der Waals surface area contributed by atoms with Gasteiger partial charge in [-0.1, -0.05) is 0 Å². The molecule has 0 radical (unpaired) electrons. The standard InChI is InChI=1S/C20H17FN6/c1-13-8-15(22-2)10-25-20(13)27-7-5-18-14(12-27)9-16(11-24-18)26-19-17(21)4-3-6-23-19/h3-4,6,8-11H,5,7,12H2,1H3,(H,23,26). The Bertz CT molecular complexity index is 1040. The van der Waals surface area contributed by atoms with Crippen molar-refractivity contribution in [2.24, 2.45) is 0 Å². The molecule has 0 saturated carbocycles. The molecule has 0 bridgehead atoms. The fourth-order valence-electron chi connectivity index (χ4n) is 3.23. The molecule has 134 valence electrons. The number of fused-ring (bicyclic) bond motifs is 1. The van der Waals surface area contributed by atoms with E-state index in [2.05, 4.69) is 30.0 Å². The van der Waals surface area contributed by atoms with Gasteiger partial charge >= 0.3 is 0 Å². The van der Waals surface area contributed by atoms with Crippen molar-refractivity contribution in [3.05, 3.63) is 76.9 Å². The zero-order valence-corrected chi connectivity index (χ0v) is 14.8. The number of pyridine rings is 3. The first-order valence-electron chi connectivity index (χ1n) is 8.58. The van der Waals surface area contributed by atoms with Gasteiger partial charge in [0.05, 0.1) is 18.5 Å². The van der Waals surface area contributed by atoms with Crippen LogP contribution in [0.4, 0.5) is 27.4 Å². The van der Waals surface area contributed by atoms with E-state index in [0.717, 1.165) is 35.6 Å². The molecule has 0 atom stereocenters. The van der Waals surface area contributed by atoms with Crippen LogP contribution < -0.4 is 10.2 Å². The Hall–Kier alpha value is -3.53. The highest BCUT2D eigenvalue weighted by Gasteiger charge is 2.20. The topological polar surface area (TPSA) is 58.3 Å². The van der Waals surface area contributed by atoms with Gasteiger partial charge in [-0.15, -0.1) is 0 Å². The Kier molecular flexibility index (Phi) is 4.38. The minimum absolute atomic E-state index is 0.180. The van der Waals surface area contributed by atoms with Crippen LogP contribution in [0, 0.1) is 19.3 Å². The van der Waals surface area contributed by atoms with Gasteiger partial charge < -0.3 is 10.2 Å². The molecule has 0 saturated heterocycles. The maximum atomic E-state index is 13.8. The molecule has 27 heavy (non-hydrogen) atoms. The lowest BCUT2D eigenvalue weighted by Crippen LogP contribution is -2.32. The van der Waals surface area contributed by atoms with Crippen molar-refractivity contribution in [2.75, 3.05) is 16.8 Å². The summed E-state index contributed by atoms with van der Waals surface area (Å²) in [5.41, 5.74) is 4.32. The van der Waals surface area contributed by atoms with Gasteiger partial charge in [-0.2, -0.15) is 0 Å². The molecule has 1 aliphatic heterocycles. The predicted molar refractivity (Wildman–Crippen MR) is 102 cm³/mol.